The first-order valence-electron chi connectivity index (χ1n) is 5.12. The highest BCUT2D eigenvalue weighted by Crippen LogP contribution is 2.23. The second-order valence-corrected chi connectivity index (χ2v) is 5.44. The molecule has 0 radical (unpaired) electrons. The standard InChI is InChI=1S/C13H8BrFN2S/c14-11-2-4-13(17-7-11)18-8-9-1-3-12(15)10(5-9)6-16/h1-5,7H,8H2. The SMILES string of the molecule is N#Cc1cc(CSc2ccc(Br)cn2)ccc1F. The van der Waals surface area contributed by atoms with Gasteiger partial charge < -0.3 is 0 Å². The number of pyridine rings is 1. The van der Waals surface area contributed by atoms with E-state index in [-0.39, 0.29) is 5.56 Å². The highest BCUT2D eigenvalue weighted by atomic mass is 79.9. The molecule has 1 aromatic heterocycles. The number of benzene rings is 1. The van der Waals surface area contributed by atoms with Crippen LogP contribution in [0.1, 0.15) is 11.1 Å². The van der Waals surface area contributed by atoms with Crippen molar-refractivity contribution < 1.29 is 4.39 Å². The van der Waals surface area contributed by atoms with Crippen LogP contribution in [-0.4, -0.2) is 4.98 Å². The van der Waals surface area contributed by atoms with Crippen molar-refractivity contribution in [3.8, 4) is 6.07 Å². The molecule has 0 saturated heterocycles. The van der Waals surface area contributed by atoms with Gasteiger partial charge in [-0.2, -0.15) is 5.26 Å². The number of thioether (sulfide) groups is 1. The Bertz CT molecular complexity index is 593. The van der Waals surface area contributed by atoms with Gasteiger partial charge in [0.2, 0.25) is 0 Å². The van der Waals surface area contributed by atoms with Crippen LogP contribution < -0.4 is 0 Å². The Hall–Kier alpha value is -1.38. The highest BCUT2D eigenvalue weighted by molar-refractivity contribution is 9.10. The number of aromatic nitrogens is 1. The summed E-state index contributed by atoms with van der Waals surface area (Å²) in [7, 11) is 0. The number of rotatable bonds is 3. The summed E-state index contributed by atoms with van der Waals surface area (Å²) in [6.07, 6.45) is 1.73. The largest absolute Gasteiger partial charge is 0.249 e. The molecule has 0 saturated carbocycles. The van der Waals surface area contributed by atoms with Gasteiger partial charge in [0.05, 0.1) is 10.6 Å². The Morgan fingerprint density at radius 1 is 1.33 bits per heavy atom. The van der Waals surface area contributed by atoms with E-state index in [4.69, 9.17) is 5.26 Å². The number of hydrogen-bond acceptors (Lipinski definition) is 3. The molecule has 0 bridgehead atoms. The second-order valence-electron chi connectivity index (χ2n) is 3.53. The molecule has 0 aliphatic carbocycles. The summed E-state index contributed by atoms with van der Waals surface area (Å²) in [4.78, 5) is 4.23. The van der Waals surface area contributed by atoms with Gasteiger partial charge >= 0.3 is 0 Å². The molecule has 2 rings (SSSR count). The van der Waals surface area contributed by atoms with Crippen LogP contribution in [0.25, 0.3) is 0 Å². The Kier molecular flexibility index (Phi) is 4.34. The van der Waals surface area contributed by atoms with Gasteiger partial charge in [0.1, 0.15) is 11.9 Å². The zero-order valence-electron chi connectivity index (χ0n) is 9.23. The van der Waals surface area contributed by atoms with Gasteiger partial charge in [0, 0.05) is 16.4 Å². The average molecular weight is 323 g/mol. The van der Waals surface area contributed by atoms with Gasteiger partial charge in [-0.15, -0.1) is 11.8 Å². The lowest BCUT2D eigenvalue weighted by Gasteiger charge is -2.02. The molecule has 0 spiro atoms. The molecule has 0 aliphatic heterocycles. The molecule has 1 aromatic carbocycles. The van der Waals surface area contributed by atoms with Crippen molar-refractivity contribution in [3.63, 3.8) is 0 Å². The first kappa shape index (κ1) is 13.1. The molecule has 0 atom stereocenters. The van der Waals surface area contributed by atoms with E-state index in [0.29, 0.717) is 5.75 Å². The minimum atomic E-state index is -0.479. The Morgan fingerprint density at radius 2 is 2.17 bits per heavy atom. The van der Waals surface area contributed by atoms with E-state index in [1.165, 1.54) is 6.07 Å². The lowest BCUT2D eigenvalue weighted by Crippen LogP contribution is -1.88. The Balaban J connectivity index is 2.06. The molecule has 0 unspecified atom stereocenters. The van der Waals surface area contributed by atoms with E-state index in [0.717, 1.165) is 15.1 Å². The zero-order chi connectivity index (χ0) is 13.0. The fraction of sp³-hybridized carbons (Fsp3) is 0.0769. The van der Waals surface area contributed by atoms with Crippen LogP contribution >= 0.6 is 27.7 Å². The van der Waals surface area contributed by atoms with E-state index < -0.39 is 5.82 Å². The maximum absolute atomic E-state index is 13.1. The van der Waals surface area contributed by atoms with Crippen molar-refractivity contribution in [1.29, 1.82) is 5.26 Å². The average Bonchev–Trinajstić information content (AvgIpc) is 2.39. The summed E-state index contributed by atoms with van der Waals surface area (Å²) < 4.78 is 14.1. The van der Waals surface area contributed by atoms with Crippen molar-refractivity contribution in [2.45, 2.75) is 10.8 Å². The van der Waals surface area contributed by atoms with Gasteiger partial charge in [-0.05, 0) is 45.8 Å². The van der Waals surface area contributed by atoms with Crippen LogP contribution in [0.2, 0.25) is 0 Å². The van der Waals surface area contributed by atoms with E-state index >= 15 is 0 Å². The molecule has 0 amide bonds. The second kappa shape index (κ2) is 5.98. The summed E-state index contributed by atoms with van der Waals surface area (Å²) in [5.74, 6) is 0.178. The van der Waals surface area contributed by atoms with Gasteiger partial charge in [0.15, 0.2) is 0 Å². The maximum atomic E-state index is 13.1. The van der Waals surface area contributed by atoms with Gasteiger partial charge in [-0.25, -0.2) is 9.37 Å². The third kappa shape index (κ3) is 3.31. The molecule has 1 heterocycles. The van der Waals surface area contributed by atoms with Crippen molar-refractivity contribution >= 4 is 27.7 Å². The quantitative estimate of drug-likeness (QED) is 0.796. The zero-order valence-corrected chi connectivity index (χ0v) is 11.6. The van der Waals surface area contributed by atoms with Crippen LogP contribution in [0.15, 0.2) is 46.0 Å². The van der Waals surface area contributed by atoms with Crippen LogP contribution in [0, 0.1) is 17.1 Å². The molecular formula is C13H8BrFN2S. The summed E-state index contributed by atoms with van der Waals surface area (Å²) in [5, 5.41) is 9.63. The summed E-state index contributed by atoms with van der Waals surface area (Å²) in [6, 6.07) is 10.2. The van der Waals surface area contributed by atoms with Crippen molar-refractivity contribution in [3.05, 3.63) is 57.9 Å². The topological polar surface area (TPSA) is 36.7 Å². The Morgan fingerprint density at radius 3 is 2.83 bits per heavy atom. The van der Waals surface area contributed by atoms with Crippen LogP contribution in [0.3, 0.4) is 0 Å². The number of nitriles is 1. The fourth-order valence-electron chi connectivity index (χ4n) is 1.35. The smallest absolute Gasteiger partial charge is 0.140 e. The summed E-state index contributed by atoms with van der Waals surface area (Å²) in [6.45, 7) is 0. The Labute approximate surface area is 117 Å². The van der Waals surface area contributed by atoms with E-state index in [1.807, 2.05) is 18.2 Å². The van der Waals surface area contributed by atoms with Crippen LogP contribution in [-0.2, 0) is 5.75 Å². The normalized spacial score (nSPS) is 10.1. The molecule has 5 heteroatoms. The number of halogens is 2. The first-order valence-corrected chi connectivity index (χ1v) is 6.90. The summed E-state index contributed by atoms with van der Waals surface area (Å²) in [5.41, 5.74) is 0.986. The number of nitrogens with zero attached hydrogens (tertiary/aromatic N) is 2. The van der Waals surface area contributed by atoms with E-state index in [9.17, 15) is 4.39 Å². The van der Waals surface area contributed by atoms with Crippen molar-refractivity contribution in [2.24, 2.45) is 0 Å². The van der Waals surface area contributed by atoms with E-state index in [1.54, 1.807) is 30.1 Å². The predicted octanol–water partition coefficient (Wildman–Crippen LogP) is 4.15. The third-order valence-electron chi connectivity index (χ3n) is 2.24. The monoisotopic (exact) mass is 322 g/mol. The molecule has 0 fully saturated rings. The third-order valence-corrected chi connectivity index (χ3v) is 3.72. The van der Waals surface area contributed by atoms with E-state index in [2.05, 4.69) is 20.9 Å². The molecule has 0 N–H and O–H groups in total. The molecule has 2 aromatic rings. The lowest BCUT2D eigenvalue weighted by molar-refractivity contribution is 0.623. The first-order chi connectivity index (χ1) is 8.69. The van der Waals surface area contributed by atoms with Gasteiger partial charge in [-0.1, -0.05) is 6.07 Å². The minimum absolute atomic E-state index is 0.0804. The van der Waals surface area contributed by atoms with Crippen molar-refractivity contribution in [2.75, 3.05) is 0 Å². The van der Waals surface area contributed by atoms with Crippen LogP contribution in [0.5, 0.6) is 0 Å². The molecular weight excluding hydrogens is 315 g/mol. The number of hydrogen-bond donors (Lipinski definition) is 0. The predicted molar refractivity (Wildman–Crippen MR) is 72.6 cm³/mol. The lowest BCUT2D eigenvalue weighted by atomic mass is 10.1. The van der Waals surface area contributed by atoms with Crippen LogP contribution in [0.4, 0.5) is 4.39 Å². The molecule has 2 nitrogen and oxygen atoms in total. The highest BCUT2D eigenvalue weighted by Gasteiger charge is 2.03. The maximum Gasteiger partial charge on any atom is 0.140 e. The molecule has 18 heavy (non-hydrogen) atoms. The van der Waals surface area contributed by atoms with Gasteiger partial charge in [0.25, 0.3) is 0 Å². The summed E-state index contributed by atoms with van der Waals surface area (Å²) >= 11 is 4.86. The van der Waals surface area contributed by atoms with Crippen molar-refractivity contribution in [1.82, 2.24) is 4.98 Å². The van der Waals surface area contributed by atoms with Gasteiger partial charge in [-0.3, -0.25) is 0 Å². The molecule has 0 aliphatic rings. The fourth-order valence-corrected chi connectivity index (χ4v) is 2.37. The molecule has 90 valence electrons. The minimum Gasteiger partial charge on any atom is -0.249 e.